The molecule has 1 aliphatic rings. The first kappa shape index (κ1) is 14.4. The Morgan fingerprint density at radius 2 is 1.67 bits per heavy atom. The largest absolute Gasteiger partial charge is 0.485 e. The molecule has 0 aliphatic carbocycles. The van der Waals surface area contributed by atoms with E-state index in [0.29, 0.717) is 12.4 Å². The van der Waals surface area contributed by atoms with Gasteiger partial charge in [-0.3, -0.25) is 0 Å². The van der Waals surface area contributed by atoms with Crippen molar-refractivity contribution in [1.82, 2.24) is 9.97 Å². The van der Waals surface area contributed by atoms with Crippen LogP contribution in [0.5, 0.6) is 5.75 Å². The summed E-state index contributed by atoms with van der Waals surface area (Å²) in [5.74, 6) is 1.32. The van der Waals surface area contributed by atoms with Gasteiger partial charge < -0.3 is 4.74 Å². The number of benzene rings is 2. The van der Waals surface area contributed by atoms with Gasteiger partial charge in [-0.05, 0) is 23.8 Å². The van der Waals surface area contributed by atoms with Gasteiger partial charge in [-0.2, -0.15) is 5.10 Å². The maximum absolute atomic E-state index is 6.16. The summed E-state index contributed by atoms with van der Waals surface area (Å²) >= 11 is 0. The Bertz CT molecular complexity index is 850. The lowest BCUT2D eigenvalue weighted by molar-refractivity contribution is 0.206. The number of rotatable bonds is 3. The van der Waals surface area contributed by atoms with E-state index in [1.54, 1.807) is 18.5 Å². The van der Waals surface area contributed by atoms with Crippen LogP contribution in [0.25, 0.3) is 0 Å². The predicted octanol–water partition coefficient (Wildman–Crippen LogP) is 3.82. The Labute approximate surface area is 140 Å². The number of ether oxygens (including phenoxy) is 1. The lowest BCUT2D eigenvalue weighted by Crippen LogP contribution is -2.22. The fourth-order valence-corrected chi connectivity index (χ4v) is 2.72. The second kappa shape index (κ2) is 6.50. The van der Waals surface area contributed by atoms with Crippen molar-refractivity contribution in [3.8, 4) is 5.75 Å². The van der Waals surface area contributed by atoms with Gasteiger partial charge in [0.15, 0.2) is 0 Å². The van der Waals surface area contributed by atoms with Crippen molar-refractivity contribution >= 4 is 11.7 Å². The number of anilines is 1. The van der Waals surface area contributed by atoms with Crippen LogP contribution in [0.1, 0.15) is 23.7 Å². The first-order valence-electron chi connectivity index (χ1n) is 7.81. The van der Waals surface area contributed by atoms with E-state index < -0.39 is 0 Å². The van der Waals surface area contributed by atoms with E-state index in [1.165, 1.54) is 0 Å². The summed E-state index contributed by atoms with van der Waals surface area (Å²) in [6.45, 7) is 0. The van der Waals surface area contributed by atoms with Crippen molar-refractivity contribution in [2.75, 3.05) is 5.43 Å². The first-order chi connectivity index (χ1) is 11.9. The van der Waals surface area contributed by atoms with Gasteiger partial charge >= 0.3 is 0 Å². The Hall–Kier alpha value is -3.21. The van der Waals surface area contributed by atoms with Gasteiger partial charge in [0.1, 0.15) is 11.9 Å². The number of para-hydroxylation sites is 1. The Morgan fingerprint density at radius 1 is 0.917 bits per heavy atom. The first-order valence-corrected chi connectivity index (χ1v) is 7.81. The molecule has 1 aliphatic heterocycles. The van der Waals surface area contributed by atoms with Crippen molar-refractivity contribution in [3.05, 3.63) is 84.2 Å². The maximum Gasteiger partial charge on any atom is 0.243 e. The third-order valence-electron chi connectivity index (χ3n) is 3.87. The van der Waals surface area contributed by atoms with Gasteiger partial charge in [0.25, 0.3) is 0 Å². The van der Waals surface area contributed by atoms with Gasteiger partial charge in [-0.1, -0.05) is 42.5 Å². The van der Waals surface area contributed by atoms with Gasteiger partial charge in [-0.25, -0.2) is 15.4 Å². The summed E-state index contributed by atoms with van der Waals surface area (Å²) in [4.78, 5) is 8.27. The summed E-state index contributed by atoms with van der Waals surface area (Å²) in [6.07, 6.45) is 3.99. The molecule has 2 heterocycles. The van der Waals surface area contributed by atoms with Gasteiger partial charge in [0.05, 0.1) is 5.71 Å². The molecule has 5 heteroatoms. The molecule has 1 unspecified atom stereocenters. The van der Waals surface area contributed by atoms with Crippen LogP contribution in [0.3, 0.4) is 0 Å². The molecule has 2 aromatic carbocycles. The Kier molecular flexibility index (Phi) is 3.90. The number of hydrogen-bond donors (Lipinski definition) is 1. The van der Waals surface area contributed by atoms with E-state index in [-0.39, 0.29) is 6.10 Å². The summed E-state index contributed by atoms with van der Waals surface area (Å²) < 4.78 is 6.16. The summed E-state index contributed by atoms with van der Waals surface area (Å²) in [7, 11) is 0. The van der Waals surface area contributed by atoms with Crippen molar-refractivity contribution in [2.24, 2.45) is 5.10 Å². The number of fused-ring (bicyclic) bond motifs is 1. The van der Waals surface area contributed by atoms with E-state index >= 15 is 0 Å². The summed E-state index contributed by atoms with van der Waals surface area (Å²) in [6, 6.07) is 19.9. The van der Waals surface area contributed by atoms with Crippen molar-refractivity contribution in [3.63, 3.8) is 0 Å². The van der Waals surface area contributed by atoms with E-state index in [2.05, 4.69) is 32.6 Å². The predicted molar refractivity (Wildman–Crippen MR) is 93.1 cm³/mol. The lowest BCUT2D eigenvalue weighted by Gasteiger charge is -2.27. The molecule has 1 aromatic heterocycles. The Balaban J connectivity index is 1.67. The van der Waals surface area contributed by atoms with Crippen LogP contribution in [0.4, 0.5) is 5.95 Å². The second-order valence-corrected chi connectivity index (χ2v) is 5.46. The standard InChI is InChI=1S/C19H16N4O/c1-2-7-14(8-3-1)18-13-16(15-9-4-5-10-17(15)24-18)22-23-19-20-11-6-12-21-19/h1-12,18H,13H2,(H,20,21,23)/b22-16+. The topological polar surface area (TPSA) is 59.4 Å². The number of hydrazone groups is 1. The minimum Gasteiger partial charge on any atom is -0.485 e. The highest BCUT2D eigenvalue weighted by Crippen LogP contribution is 2.35. The summed E-state index contributed by atoms with van der Waals surface area (Å²) in [5, 5.41) is 4.53. The molecule has 0 spiro atoms. The molecular weight excluding hydrogens is 300 g/mol. The average Bonchev–Trinajstić information content (AvgIpc) is 2.67. The SMILES string of the molecule is c1ccc(C2C/C(=N\Nc3ncccn3)c3ccccc3O2)cc1. The molecule has 5 nitrogen and oxygen atoms in total. The molecular formula is C19H16N4O. The van der Waals surface area contributed by atoms with Crippen molar-refractivity contribution in [2.45, 2.75) is 12.5 Å². The third-order valence-corrected chi connectivity index (χ3v) is 3.87. The highest BCUT2D eigenvalue weighted by atomic mass is 16.5. The van der Waals surface area contributed by atoms with Crippen LogP contribution in [0.2, 0.25) is 0 Å². The zero-order valence-electron chi connectivity index (χ0n) is 13.0. The zero-order valence-corrected chi connectivity index (χ0v) is 13.0. The normalized spacial score (nSPS) is 17.8. The fourth-order valence-electron chi connectivity index (χ4n) is 2.72. The average molecular weight is 316 g/mol. The smallest absolute Gasteiger partial charge is 0.243 e. The van der Waals surface area contributed by atoms with E-state index in [4.69, 9.17) is 4.74 Å². The van der Waals surface area contributed by atoms with Crippen molar-refractivity contribution in [1.29, 1.82) is 0 Å². The highest BCUT2D eigenvalue weighted by molar-refractivity contribution is 6.04. The minimum atomic E-state index is -0.0571. The quantitative estimate of drug-likeness (QED) is 0.746. The second-order valence-electron chi connectivity index (χ2n) is 5.46. The molecule has 0 radical (unpaired) electrons. The number of nitrogens with zero attached hydrogens (tertiary/aromatic N) is 3. The zero-order chi connectivity index (χ0) is 16.2. The molecule has 0 bridgehead atoms. The van der Waals surface area contributed by atoms with E-state index in [9.17, 15) is 0 Å². The van der Waals surface area contributed by atoms with Crippen LogP contribution in [-0.4, -0.2) is 15.7 Å². The van der Waals surface area contributed by atoms with Gasteiger partial charge in [0, 0.05) is 24.4 Å². The molecule has 0 amide bonds. The van der Waals surface area contributed by atoms with Crippen LogP contribution in [-0.2, 0) is 0 Å². The number of hydrogen-bond acceptors (Lipinski definition) is 5. The molecule has 24 heavy (non-hydrogen) atoms. The van der Waals surface area contributed by atoms with Gasteiger partial charge in [-0.15, -0.1) is 0 Å². The highest BCUT2D eigenvalue weighted by Gasteiger charge is 2.26. The van der Waals surface area contributed by atoms with E-state index in [0.717, 1.165) is 22.6 Å². The van der Waals surface area contributed by atoms with Crippen LogP contribution in [0.15, 0.2) is 78.2 Å². The lowest BCUT2D eigenvalue weighted by atomic mass is 9.96. The molecule has 3 aromatic rings. The third kappa shape index (κ3) is 2.96. The molecule has 1 N–H and O–H groups in total. The van der Waals surface area contributed by atoms with Crippen LogP contribution in [0, 0.1) is 0 Å². The Morgan fingerprint density at radius 3 is 2.50 bits per heavy atom. The minimum absolute atomic E-state index is 0.0571. The summed E-state index contributed by atoms with van der Waals surface area (Å²) in [5.41, 5.74) is 5.99. The molecule has 118 valence electrons. The molecule has 1 atom stereocenters. The maximum atomic E-state index is 6.16. The molecule has 0 fully saturated rings. The van der Waals surface area contributed by atoms with Crippen molar-refractivity contribution < 1.29 is 4.74 Å². The molecule has 0 saturated heterocycles. The van der Waals surface area contributed by atoms with Gasteiger partial charge in [0.2, 0.25) is 5.95 Å². The molecule has 0 saturated carbocycles. The fraction of sp³-hybridized carbons (Fsp3) is 0.105. The number of nitrogens with one attached hydrogen (secondary N) is 1. The monoisotopic (exact) mass is 316 g/mol. The van der Waals surface area contributed by atoms with Crippen LogP contribution >= 0.6 is 0 Å². The number of aromatic nitrogens is 2. The van der Waals surface area contributed by atoms with E-state index in [1.807, 2.05) is 42.5 Å². The van der Waals surface area contributed by atoms with Crippen LogP contribution < -0.4 is 10.2 Å². The molecule has 4 rings (SSSR count).